The van der Waals surface area contributed by atoms with Gasteiger partial charge in [-0.05, 0) is 24.6 Å². The van der Waals surface area contributed by atoms with E-state index in [-0.39, 0.29) is 12.5 Å². The van der Waals surface area contributed by atoms with E-state index in [4.69, 9.17) is 14.6 Å². The van der Waals surface area contributed by atoms with Gasteiger partial charge < -0.3 is 19.9 Å². The molecule has 0 saturated carbocycles. The number of nitrogens with one attached hydrogen (secondary N) is 1. The summed E-state index contributed by atoms with van der Waals surface area (Å²) in [5, 5.41) is 11.3. The van der Waals surface area contributed by atoms with Gasteiger partial charge in [0.15, 0.2) is 0 Å². The average molecular weight is 265 g/mol. The van der Waals surface area contributed by atoms with Crippen LogP contribution < -0.4 is 14.8 Å². The second-order valence-electron chi connectivity index (χ2n) is 3.78. The monoisotopic (exact) mass is 265 g/mol. The summed E-state index contributed by atoms with van der Waals surface area (Å²) >= 11 is 0. The number of benzene rings is 1. The molecule has 0 saturated heterocycles. The number of carbonyl (C=O) groups excluding carboxylic acids is 1. The number of amides is 1. The molecule has 1 rings (SSSR count). The van der Waals surface area contributed by atoms with Gasteiger partial charge in [-0.15, -0.1) is 0 Å². The van der Waals surface area contributed by atoms with Crippen LogP contribution in [0.5, 0.6) is 11.5 Å². The minimum absolute atomic E-state index is 0.0598. The molecule has 1 aromatic carbocycles. The Morgan fingerprint density at radius 3 is 2.47 bits per heavy atom. The van der Waals surface area contributed by atoms with Crippen LogP contribution in [0.15, 0.2) is 24.3 Å². The van der Waals surface area contributed by atoms with Crippen molar-refractivity contribution in [3.05, 3.63) is 29.8 Å². The van der Waals surface area contributed by atoms with Gasteiger partial charge in [0.05, 0.1) is 19.8 Å². The number of methoxy groups -OCH3 is 2. The van der Waals surface area contributed by atoms with Crippen molar-refractivity contribution in [2.75, 3.05) is 27.4 Å². The molecule has 19 heavy (non-hydrogen) atoms. The third-order valence-electron chi connectivity index (χ3n) is 2.50. The van der Waals surface area contributed by atoms with E-state index in [0.717, 1.165) is 0 Å². The Morgan fingerprint density at radius 1 is 1.32 bits per heavy atom. The topological polar surface area (TPSA) is 67.8 Å². The third kappa shape index (κ3) is 4.63. The summed E-state index contributed by atoms with van der Waals surface area (Å²) in [5.74, 6) is 1.05. The molecule has 2 N–H and O–H groups in total. The first kappa shape index (κ1) is 15.0. The Kier molecular flexibility index (Phi) is 6.46. The fourth-order valence-corrected chi connectivity index (χ4v) is 1.55. The van der Waals surface area contributed by atoms with Crippen molar-refractivity contribution < 1.29 is 19.4 Å². The first-order valence-corrected chi connectivity index (χ1v) is 6.00. The van der Waals surface area contributed by atoms with E-state index in [9.17, 15) is 4.79 Å². The molecule has 0 atom stereocenters. The summed E-state index contributed by atoms with van der Waals surface area (Å²) < 4.78 is 10.4. The van der Waals surface area contributed by atoms with Crippen molar-refractivity contribution in [3.63, 3.8) is 0 Å². The van der Waals surface area contributed by atoms with Gasteiger partial charge in [0, 0.05) is 19.2 Å². The lowest BCUT2D eigenvalue weighted by molar-refractivity contribution is -0.116. The third-order valence-corrected chi connectivity index (χ3v) is 2.50. The van der Waals surface area contributed by atoms with Crippen molar-refractivity contribution >= 4 is 12.0 Å². The van der Waals surface area contributed by atoms with Crippen LogP contribution in [0.25, 0.3) is 6.08 Å². The maximum Gasteiger partial charge on any atom is 0.244 e. The lowest BCUT2D eigenvalue weighted by atomic mass is 10.1. The largest absolute Gasteiger partial charge is 0.496 e. The normalized spacial score (nSPS) is 10.5. The zero-order chi connectivity index (χ0) is 14.1. The number of rotatable bonds is 7. The fraction of sp³-hybridized carbons (Fsp3) is 0.357. The molecule has 0 spiro atoms. The zero-order valence-electron chi connectivity index (χ0n) is 11.2. The highest BCUT2D eigenvalue weighted by atomic mass is 16.5. The molecular formula is C14H19NO4. The first-order chi connectivity index (χ1) is 9.22. The Bertz CT molecular complexity index is 421. The van der Waals surface area contributed by atoms with Gasteiger partial charge >= 0.3 is 0 Å². The highest BCUT2D eigenvalue weighted by Crippen LogP contribution is 2.29. The van der Waals surface area contributed by atoms with Crippen molar-refractivity contribution in [3.8, 4) is 11.5 Å². The van der Waals surface area contributed by atoms with Gasteiger partial charge in [-0.2, -0.15) is 0 Å². The SMILES string of the molecule is COc1cccc(OC)c1/C=C/C(=O)NCCCO. The molecule has 104 valence electrons. The maximum atomic E-state index is 11.5. The molecule has 0 fully saturated rings. The molecule has 0 aliphatic heterocycles. The fourth-order valence-electron chi connectivity index (χ4n) is 1.55. The summed E-state index contributed by atoms with van der Waals surface area (Å²) in [6, 6.07) is 5.41. The van der Waals surface area contributed by atoms with E-state index >= 15 is 0 Å². The summed E-state index contributed by atoms with van der Waals surface area (Å²) in [7, 11) is 3.13. The van der Waals surface area contributed by atoms with Crippen LogP contribution in [0, 0.1) is 0 Å². The van der Waals surface area contributed by atoms with Gasteiger partial charge in [0.1, 0.15) is 11.5 Å². The predicted molar refractivity (Wildman–Crippen MR) is 73.3 cm³/mol. The van der Waals surface area contributed by atoms with E-state index in [1.54, 1.807) is 32.4 Å². The predicted octanol–water partition coefficient (Wildman–Crippen LogP) is 1.22. The van der Waals surface area contributed by atoms with Crippen molar-refractivity contribution in [2.24, 2.45) is 0 Å². The van der Waals surface area contributed by atoms with E-state index in [0.29, 0.717) is 30.0 Å². The van der Waals surface area contributed by atoms with Crippen molar-refractivity contribution in [2.45, 2.75) is 6.42 Å². The van der Waals surface area contributed by atoms with E-state index in [1.807, 2.05) is 6.07 Å². The molecular weight excluding hydrogens is 246 g/mol. The quantitative estimate of drug-likeness (QED) is 0.574. The van der Waals surface area contributed by atoms with Crippen LogP contribution in [0.2, 0.25) is 0 Å². The lowest BCUT2D eigenvalue weighted by Gasteiger charge is -2.09. The van der Waals surface area contributed by atoms with Gasteiger partial charge in [-0.25, -0.2) is 0 Å². The molecule has 1 amide bonds. The Hall–Kier alpha value is -2.01. The highest BCUT2D eigenvalue weighted by Gasteiger charge is 2.06. The van der Waals surface area contributed by atoms with Crippen LogP contribution >= 0.6 is 0 Å². The number of carbonyl (C=O) groups is 1. The molecule has 0 aliphatic carbocycles. The van der Waals surface area contributed by atoms with E-state index in [2.05, 4.69) is 5.32 Å². The summed E-state index contributed by atoms with van der Waals surface area (Å²) in [4.78, 5) is 11.5. The molecule has 1 aromatic rings. The number of hydrogen-bond acceptors (Lipinski definition) is 4. The molecule has 5 heteroatoms. The van der Waals surface area contributed by atoms with Gasteiger partial charge in [-0.1, -0.05) is 6.07 Å². The van der Waals surface area contributed by atoms with Gasteiger partial charge in [-0.3, -0.25) is 4.79 Å². The van der Waals surface area contributed by atoms with Crippen molar-refractivity contribution in [1.29, 1.82) is 0 Å². The minimum atomic E-state index is -0.221. The zero-order valence-corrected chi connectivity index (χ0v) is 11.2. The molecule has 0 unspecified atom stereocenters. The Labute approximate surface area is 112 Å². The Morgan fingerprint density at radius 2 is 1.95 bits per heavy atom. The second kappa shape index (κ2) is 8.16. The highest BCUT2D eigenvalue weighted by molar-refractivity contribution is 5.92. The molecule has 0 heterocycles. The molecule has 0 bridgehead atoms. The van der Waals surface area contributed by atoms with E-state index in [1.165, 1.54) is 6.08 Å². The standard InChI is InChI=1S/C14H19NO4/c1-18-12-5-3-6-13(19-2)11(12)7-8-14(17)15-9-4-10-16/h3,5-8,16H,4,9-10H2,1-2H3,(H,15,17)/b8-7+. The van der Waals surface area contributed by atoms with Crippen LogP contribution in [0.4, 0.5) is 0 Å². The van der Waals surface area contributed by atoms with Crippen LogP contribution in [0.3, 0.4) is 0 Å². The number of aliphatic hydroxyl groups is 1. The average Bonchev–Trinajstić information content (AvgIpc) is 2.44. The summed E-state index contributed by atoms with van der Waals surface area (Å²) in [5.41, 5.74) is 0.713. The van der Waals surface area contributed by atoms with Crippen LogP contribution in [0.1, 0.15) is 12.0 Å². The maximum absolute atomic E-state index is 11.5. The summed E-state index contributed by atoms with van der Waals surface area (Å²) in [6.07, 6.45) is 3.60. The second-order valence-corrected chi connectivity index (χ2v) is 3.78. The van der Waals surface area contributed by atoms with Gasteiger partial charge in [0.25, 0.3) is 0 Å². The number of ether oxygens (including phenoxy) is 2. The summed E-state index contributed by atoms with van der Waals surface area (Å²) in [6.45, 7) is 0.507. The lowest BCUT2D eigenvalue weighted by Crippen LogP contribution is -2.22. The number of aliphatic hydroxyl groups excluding tert-OH is 1. The molecule has 0 radical (unpaired) electrons. The van der Waals surface area contributed by atoms with Gasteiger partial charge in [0.2, 0.25) is 5.91 Å². The Balaban J connectivity index is 2.77. The van der Waals surface area contributed by atoms with Crippen LogP contribution in [-0.4, -0.2) is 38.4 Å². The smallest absolute Gasteiger partial charge is 0.244 e. The molecule has 0 aliphatic rings. The minimum Gasteiger partial charge on any atom is -0.496 e. The van der Waals surface area contributed by atoms with E-state index < -0.39 is 0 Å². The molecule has 0 aromatic heterocycles. The van der Waals surface area contributed by atoms with Crippen molar-refractivity contribution in [1.82, 2.24) is 5.32 Å². The number of hydrogen-bond donors (Lipinski definition) is 2. The van der Waals surface area contributed by atoms with Crippen LogP contribution in [-0.2, 0) is 4.79 Å². The molecule has 5 nitrogen and oxygen atoms in total. The first-order valence-electron chi connectivity index (χ1n) is 6.00.